The van der Waals surface area contributed by atoms with Crippen LogP contribution in [0.25, 0.3) is 0 Å². The smallest absolute Gasteiger partial charge is 0.163 e. The van der Waals surface area contributed by atoms with Gasteiger partial charge in [-0.3, -0.25) is 4.79 Å². The molecule has 0 radical (unpaired) electrons. The molecule has 0 aromatic heterocycles. The third-order valence-corrected chi connectivity index (χ3v) is 4.93. The van der Waals surface area contributed by atoms with Crippen LogP contribution in [0.2, 0.25) is 0 Å². The molecule has 1 aliphatic heterocycles. The molecule has 0 fully saturated rings. The first-order chi connectivity index (χ1) is 11.2. The molecule has 0 spiro atoms. The number of carbonyl (C=O) groups excluding carboxylic acids is 1. The zero-order chi connectivity index (χ0) is 15.8. The number of nitrogens with one attached hydrogen (secondary N) is 2. The summed E-state index contributed by atoms with van der Waals surface area (Å²) >= 11 is 3.54. The molecule has 0 saturated heterocycles. The molecule has 116 valence electrons. The van der Waals surface area contributed by atoms with E-state index in [1.165, 1.54) is 0 Å². The molecule has 1 heterocycles. The highest BCUT2D eigenvalue weighted by atomic mass is 79.9. The van der Waals surface area contributed by atoms with E-state index in [0.717, 1.165) is 45.5 Å². The lowest BCUT2D eigenvalue weighted by Crippen LogP contribution is -2.23. The molecule has 1 atom stereocenters. The van der Waals surface area contributed by atoms with Crippen LogP contribution in [0.3, 0.4) is 0 Å². The van der Waals surface area contributed by atoms with Gasteiger partial charge in [0.15, 0.2) is 5.78 Å². The highest BCUT2D eigenvalue weighted by molar-refractivity contribution is 9.10. The van der Waals surface area contributed by atoms with Gasteiger partial charge in [0, 0.05) is 22.2 Å². The topological polar surface area (TPSA) is 41.1 Å². The Morgan fingerprint density at radius 2 is 1.83 bits per heavy atom. The van der Waals surface area contributed by atoms with Crippen LogP contribution in [0.5, 0.6) is 0 Å². The second kappa shape index (κ2) is 5.85. The summed E-state index contributed by atoms with van der Waals surface area (Å²) in [6.07, 6.45) is 2.46. The summed E-state index contributed by atoms with van der Waals surface area (Å²) in [5.74, 6) is 0.240. The normalized spacial score (nSPS) is 20.0. The van der Waals surface area contributed by atoms with Gasteiger partial charge in [0.1, 0.15) is 0 Å². The molecule has 0 unspecified atom stereocenters. The lowest BCUT2D eigenvalue weighted by molar-refractivity contribution is -0.116. The molecule has 0 saturated carbocycles. The first-order valence-electron chi connectivity index (χ1n) is 7.86. The van der Waals surface area contributed by atoms with Gasteiger partial charge in [0.2, 0.25) is 0 Å². The van der Waals surface area contributed by atoms with Crippen molar-refractivity contribution in [3.05, 3.63) is 69.8 Å². The standard InChI is InChI=1S/C19H17BrN2O/c20-13-6-3-5-12(11-13)19-18-16(9-4-10-17(18)23)21-14-7-1-2-8-15(14)22-19/h1-3,5-8,11,19,21-22H,4,9-10H2/t19-/m0/s1. The van der Waals surface area contributed by atoms with E-state index >= 15 is 0 Å². The lowest BCUT2D eigenvalue weighted by atomic mass is 9.87. The number of anilines is 2. The summed E-state index contributed by atoms with van der Waals surface area (Å²) in [4.78, 5) is 12.7. The number of fused-ring (bicyclic) bond motifs is 1. The summed E-state index contributed by atoms with van der Waals surface area (Å²) in [6.45, 7) is 0. The number of benzene rings is 2. The summed E-state index contributed by atoms with van der Waals surface area (Å²) in [5, 5.41) is 7.06. The van der Waals surface area contributed by atoms with Crippen molar-refractivity contribution in [1.82, 2.24) is 0 Å². The quantitative estimate of drug-likeness (QED) is 0.740. The Bertz CT molecular complexity index is 813. The van der Waals surface area contributed by atoms with Gasteiger partial charge in [0.05, 0.1) is 17.4 Å². The van der Waals surface area contributed by atoms with Crippen LogP contribution in [0, 0.1) is 0 Å². The third kappa shape index (κ3) is 2.68. The maximum Gasteiger partial charge on any atom is 0.163 e. The van der Waals surface area contributed by atoms with Crippen molar-refractivity contribution < 1.29 is 4.79 Å². The number of halogens is 1. The molecule has 0 amide bonds. The minimum absolute atomic E-state index is 0.119. The Balaban J connectivity index is 1.88. The SMILES string of the molecule is O=C1CCCC2=C1[C@H](c1cccc(Br)c1)Nc1ccccc1N2. The lowest BCUT2D eigenvalue weighted by Gasteiger charge is -2.25. The van der Waals surface area contributed by atoms with Crippen LogP contribution < -0.4 is 10.6 Å². The van der Waals surface area contributed by atoms with Crippen molar-refractivity contribution in [1.29, 1.82) is 0 Å². The fourth-order valence-electron chi connectivity index (χ4n) is 3.37. The Morgan fingerprint density at radius 3 is 2.65 bits per heavy atom. The molecule has 2 N–H and O–H groups in total. The summed E-state index contributed by atoms with van der Waals surface area (Å²) < 4.78 is 1.02. The van der Waals surface area contributed by atoms with Gasteiger partial charge in [0.25, 0.3) is 0 Å². The van der Waals surface area contributed by atoms with Crippen LogP contribution in [-0.4, -0.2) is 5.78 Å². The molecule has 1 aliphatic carbocycles. The van der Waals surface area contributed by atoms with E-state index in [2.05, 4.69) is 50.8 Å². The van der Waals surface area contributed by atoms with E-state index in [9.17, 15) is 4.79 Å². The average molecular weight is 369 g/mol. The first-order valence-corrected chi connectivity index (χ1v) is 8.66. The van der Waals surface area contributed by atoms with Crippen molar-refractivity contribution >= 4 is 33.1 Å². The number of allylic oxidation sites excluding steroid dienone is 1. The Hall–Kier alpha value is -2.07. The predicted octanol–water partition coefficient (Wildman–Crippen LogP) is 5.03. The van der Waals surface area contributed by atoms with Crippen molar-refractivity contribution in [3.63, 3.8) is 0 Å². The zero-order valence-electron chi connectivity index (χ0n) is 12.6. The zero-order valence-corrected chi connectivity index (χ0v) is 14.2. The van der Waals surface area contributed by atoms with E-state index < -0.39 is 0 Å². The largest absolute Gasteiger partial charge is 0.372 e. The first kappa shape index (κ1) is 14.5. The Morgan fingerprint density at radius 1 is 1.00 bits per heavy atom. The molecule has 4 heteroatoms. The molecule has 0 bridgehead atoms. The van der Waals surface area contributed by atoms with Crippen LogP contribution in [0.15, 0.2) is 64.3 Å². The van der Waals surface area contributed by atoms with E-state index in [0.29, 0.717) is 6.42 Å². The number of rotatable bonds is 1. The second-order valence-corrected chi connectivity index (χ2v) is 6.89. The molecule has 23 heavy (non-hydrogen) atoms. The monoisotopic (exact) mass is 368 g/mol. The van der Waals surface area contributed by atoms with E-state index in [1.807, 2.05) is 24.3 Å². The van der Waals surface area contributed by atoms with Crippen molar-refractivity contribution in [2.45, 2.75) is 25.3 Å². The fraction of sp³-hybridized carbons (Fsp3) is 0.211. The Kier molecular flexibility index (Phi) is 3.69. The van der Waals surface area contributed by atoms with E-state index in [1.54, 1.807) is 0 Å². The average Bonchev–Trinajstić information content (AvgIpc) is 2.72. The summed E-state index contributed by atoms with van der Waals surface area (Å²) in [6, 6.07) is 16.2. The van der Waals surface area contributed by atoms with Gasteiger partial charge in [-0.25, -0.2) is 0 Å². The number of ketones is 1. The third-order valence-electron chi connectivity index (χ3n) is 4.44. The number of para-hydroxylation sites is 2. The van der Waals surface area contributed by atoms with Gasteiger partial charge >= 0.3 is 0 Å². The maximum absolute atomic E-state index is 12.7. The highest BCUT2D eigenvalue weighted by Crippen LogP contribution is 2.40. The minimum atomic E-state index is -0.119. The molecule has 2 aliphatic rings. The number of carbonyl (C=O) groups is 1. The summed E-state index contributed by atoms with van der Waals surface area (Å²) in [7, 11) is 0. The van der Waals surface area contributed by atoms with E-state index in [4.69, 9.17) is 0 Å². The van der Waals surface area contributed by atoms with Crippen molar-refractivity contribution in [2.24, 2.45) is 0 Å². The van der Waals surface area contributed by atoms with Crippen molar-refractivity contribution in [3.8, 4) is 0 Å². The van der Waals surface area contributed by atoms with E-state index in [-0.39, 0.29) is 11.8 Å². The highest BCUT2D eigenvalue weighted by Gasteiger charge is 2.31. The van der Waals surface area contributed by atoms with Crippen molar-refractivity contribution in [2.75, 3.05) is 10.6 Å². The molecule has 2 aromatic carbocycles. The predicted molar refractivity (Wildman–Crippen MR) is 96.5 cm³/mol. The fourth-order valence-corrected chi connectivity index (χ4v) is 3.79. The molecular weight excluding hydrogens is 352 g/mol. The number of hydrogen-bond acceptors (Lipinski definition) is 3. The minimum Gasteiger partial charge on any atom is -0.372 e. The molecule has 3 nitrogen and oxygen atoms in total. The van der Waals surface area contributed by atoms with Gasteiger partial charge in [-0.2, -0.15) is 0 Å². The van der Waals surface area contributed by atoms with Crippen LogP contribution in [0.1, 0.15) is 30.9 Å². The van der Waals surface area contributed by atoms with Gasteiger partial charge in [-0.15, -0.1) is 0 Å². The van der Waals surface area contributed by atoms with Gasteiger partial charge in [-0.05, 0) is 42.7 Å². The van der Waals surface area contributed by atoms with Crippen LogP contribution >= 0.6 is 15.9 Å². The number of Topliss-reactive ketones (excluding diaryl/α,β-unsaturated/α-hetero) is 1. The van der Waals surface area contributed by atoms with Gasteiger partial charge < -0.3 is 10.6 Å². The molecule has 4 rings (SSSR count). The Labute approximate surface area is 143 Å². The maximum atomic E-state index is 12.7. The summed E-state index contributed by atoms with van der Waals surface area (Å²) in [5.41, 5.74) is 5.10. The molecular formula is C19H17BrN2O. The number of hydrogen-bond donors (Lipinski definition) is 2. The molecule has 2 aromatic rings. The van der Waals surface area contributed by atoms with Gasteiger partial charge in [-0.1, -0.05) is 40.2 Å². The second-order valence-electron chi connectivity index (χ2n) is 5.97. The van der Waals surface area contributed by atoms with Crippen LogP contribution in [0.4, 0.5) is 11.4 Å². The van der Waals surface area contributed by atoms with Crippen LogP contribution in [-0.2, 0) is 4.79 Å².